The average Bonchev–Trinajstić information content (AvgIpc) is 1.57. The summed E-state index contributed by atoms with van der Waals surface area (Å²) in [7, 11) is -25.5. The second-order valence-corrected chi connectivity index (χ2v) is 31.8. The first kappa shape index (κ1) is 84.1. The number of benzene rings is 3. The molecule has 11 N–H and O–H groups in total. The molecule has 3 aliphatic rings. The lowest BCUT2D eigenvalue weighted by Gasteiger charge is -2.27. The molecule has 105 heavy (non-hydrogen) atoms. The summed E-state index contributed by atoms with van der Waals surface area (Å²) in [5.74, 6) is 3.36. The fourth-order valence-electron chi connectivity index (χ4n) is 11.2. The second kappa shape index (κ2) is 37.4. The van der Waals surface area contributed by atoms with Crippen molar-refractivity contribution in [2.45, 2.75) is 93.8 Å². The number of nitrogens with zero attached hydrogens (tertiary/aromatic N) is 7. The third-order valence-corrected chi connectivity index (χ3v) is 21.5. The molecule has 0 radical (unpaired) electrons. The van der Waals surface area contributed by atoms with Crippen molar-refractivity contribution in [1.82, 2.24) is 25.5 Å². The van der Waals surface area contributed by atoms with E-state index in [2.05, 4.69) is 82.5 Å². The molecular formula is C63H81N12O25P3S2. The van der Waals surface area contributed by atoms with Crippen LogP contribution in [0.1, 0.15) is 86.7 Å². The number of primary sulfonamides is 1. The minimum atomic E-state index is -5.84. The van der Waals surface area contributed by atoms with Crippen LogP contribution in [0.4, 0.5) is 17.2 Å². The first-order valence-corrected chi connectivity index (χ1v) is 39.6. The van der Waals surface area contributed by atoms with Gasteiger partial charge in [-0.15, -0.1) is 6.58 Å². The van der Waals surface area contributed by atoms with Gasteiger partial charge in [0.1, 0.15) is 50.5 Å². The van der Waals surface area contributed by atoms with Crippen molar-refractivity contribution in [3.05, 3.63) is 165 Å². The molecule has 4 unspecified atom stereocenters. The van der Waals surface area contributed by atoms with E-state index in [9.17, 15) is 69.6 Å². The Balaban J connectivity index is 0.842. The number of amides is 3. The van der Waals surface area contributed by atoms with Gasteiger partial charge in [0, 0.05) is 95.8 Å². The highest BCUT2D eigenvalue weighted by Gasteiger charge is 2.46. The molecule has 6 atom stereocenters. The maximum atomic E-state index is 13.4. The van der Waals surface area contributed by atoms with Crippen molar-refractivity contribution >= 4 is 84.2 Å². The topological polar surface area (TPSA) is 536 Å². The Kier molecular flexibility index (Phi) is 30.0. The Morgan fingerprint density at radius 2 is 1.69 bits per heavy atom. The molecule has 1 fully saturated rings. The zero-order valence-corrected chi connectivity index (χ0v) is 61.6. The van der Waals surface area contributed by atoms with E-state index in [4.69, 9.17) is 53.6 Å². The van der Waals surface area contributed by atoms with Gasteiger partial charge in [-0.1, -0.05) is 79.4 Å². The van der Waals surface area contributed by atoms with Crippen LogP contribution in [0.25, 0.3) is 10.4 Å². The summed E-state index contributed by atoms with van der Waals surface area (Å²) < 4.78 is 143. The van der Waals surface area contributed by atoms with Gasteiger partial charge >= 0.3 is 29.2 Å². The van der Waals surface area contributed by atoms with E-state index in [1.165, 1.54) is 36.5 Å². The number of anilines is 2. The second-order valence-electron chi connectivity index (χ2n) is 24.3. The lowest BCUT2D eigenvalue weighted by atomic mass is 9.81. The van der Waals surface area contributed by atoms with Crippen LogP contribution in [0.3, 0.4) is 0 Å². The SMILES string of the molecule is C=CCOCOC1C[C@H](n2cc(C#CCNC(=O)COCCOC(COc3cccc(C(=O)NCCNC(=O)CCN4\C(=C/C=C/C=C/C5=[N+](CCCCS(=O)(=O)[O-])c6ccccc6C5(C)C)C(C)(C)c5cc(S(N)(=O)=O)ccc54)c3)N=[N+]=[N-])c(N)nc2=O)O[C@@H]1COP(=O)(O)OP(=O)(O)OP(=O)(O)O. The Morgan fingerprint density at radius 1 is 0.933 bits per heavy atom. The standard InChI is InChI=1S/C63H81N12O25P3S2/c1-6-31-93-42-96-51-37-58(98-52(51)39-97-102(83,84)100-103(85,86)99-101(80,81)82)75-38-44(59(64)70-61(75)79)17-15-26-67-56(77)40-92-32-33-94-57(71-72-65)41-95-45-18-14-16-43(35-45)60(78)69-28-27-68-55(76)25-30-74-50-24-23-46(105(66,90)91)36-48(50)63(4,5)54(74)22-9-7-8-21-53-62(2,3)47-19-10-11-20-49(47)73(53)29-12-13-34-104(87,88)89/h6-11,14,16,18-24,35-36,38,51-52,57-58H,1,12-13,25-34,37,39-42H2,2-5H3,(H11-,64,66,67,68,69,70,76,77,78,79,80,81,82,83,84,85,86,87,88,89,90,91)/t51?,52-,57?,58-/m1/s1. The molecule has 4 aromatic rings. The molecule has 0 bridgehead atoms. The first-order valence-electron chi connectivity index (χ1n) is 32.0. The Labute approximate surface area is 604 Å². The number of phosphoric ester groups is 1. The van der Waals surface area contributed by atoms with Gasteiger partial charge in [-0.3, -0.25) is 23.5 Å². The Bertz CT molecular complexity index is 4550. The van der Waals surface area contributed by atoms with E-state index < -0.39 is 116 Å². The number of nitrogens with two attached hydrogens (primary N) is 2. The maximum Gasteiger partial charge on any atom is 0.490 e. The number of unbranched alkanes of at least 4 members (excludes halogenated alkanes) is 1. The lowest BCUT2D eigenvalue weighted by molar-refractivity contribution is -0.438. The van der Waals surface area contributed by atoms with Gasteiger partial charge in [-0.25, -0.2) is 40.5 Å². The van der Waals surface area contributed by atoms with Gasteiger partial charge in [-0.2, -0.15) is 18.2 Å². The van der Waals surface area contributed by atoms with Crippen LogP contribution < -0.4 is 42.1 Å². The molecule has 4 heterocycles. The summed E-state index contributed by atoms with van der Waals surface area (Å²) in [6, 6.07) is 18.7. The highest BCUT2D eigenvalue weighted by atomic mass is 32.2. The predicted octanol–water partition coefficient (Wildman–Crippen LogP) is 4.30. The van der Waals surface area contributed by atoms with E-state index in [1.807, 2.05) is 67.3 Å². The van der Waals surface area contributed by atoms with Crippen molar-refractivity contribution < 1.29 is 115 Å². The van der Waals surface area contributed by atoms with Crippen LogP contribution >= 0.6 is 23.5 Å². The van der Waals surface area contributed by atoms with E-state index in [1.54, 1.807) is 18.2 Å². The third kappa shape index (κ3) is 25.3. The van der Waals surface area contributed by atoms with Gasteiger partial charge in [0.25, 0.3) is 5.91 Å². The van der Waals surface area contributed by atoms with Gasteiger partial charge in [-0.05, 0) is 73.8 Å². The van der Waals surface area contributed by atoms with Crippen LogP contribution in [-0.4, -0.2) is 182 Å². The quantitative estimate of drug-likeness (QED) is 0.00256. The van der Waals surface area contributed by atoms with Crippen molar-refractivity contribution in [3.63, 3.8) is 0 Å². The van der Waals surface area contributed by atoms with Crippen LogP contribution in [0.5, 0.6) is 5.75 Å². The van der Waals surface area contributed by atoms with Gasteiger partial charge in [0.15, 0.2) is 11.9 Å². The number of nitrogen functional groups attached to an aromatic ring is 1. The number of nitrogens with one attached hydrogen (secondary N) is 3. The van der Waals surface area contributed by atoms with Crippen molar-refractivity contribution in [2.24, 2.45) is 10.3 Å². The summed E-state index contributed by atoms with van der Waals surface area (Å²) in [6.07, 6.45) is 7.83. The van der Waals surface area contributed by atoms with Gasteiger partial charge < -0.3 is 79.1 Å². The monoisotopic (exact) mass is 1560 g/mol. The highest BCUT2D eigenvalue weighted by Crippen LogP contribution is 2.66. The molecule has 0 aliphatic carbocycles. The van der Waals surface area contributed by atoms with Crippen molar-refractivity contribution in [3.8, 4) is 17.6 Å². The normalized spacial score (nSPS) is 18.7. The number of azide groups is 1. The van der Waals surface area contributed by atoms with E-state index >= 15 is 0 Å². The third-order valence-electron chi connectivity index (χ3n) is 16.0. The number of hydrogen-bond acceptors (Lipinski definition) is 25. The summed E-state index contributed by atoms with van der Waals surface area (Å²) in [5, 5.41) is 17.2. The molecule has 3 aliphatic heterocycles. The first-order chi connectivity index (χ1) is 49.4. The fraction of sp³-hybridized carbons (Fsp3) is 0.429. The van der Waals surface area contributed by atoms with Crippen LogP contribution in [0.15, 0.2) is 136 Å². The molecule has 42 heteroatoms. The maximum absolute atomic E-state index is 13.4. The number of hydrogen-bond donors (Lipinski definition) is 9. The van der Waals surface area contributed by atoms with Gasteiger partial charge in [0.2, 0.25) is 27.5 Å². The average molecular weight is 1560 g/mol. The molecule has 0 saturated carbocycles. The summed E-state index contributed by atoms with van der Waals surface area (Å²) >= 11 is 0. The fourth-order valence-corrected chi connectivity index (χ4v) is 15.3. The van der Waals surface area contributed by atoms with Gasteiger partial charge in [0.05, 0.1) is 65.1 Å². The van der Waals surface area contributed by atoms with Crippen molar-refractivity contribution in [2.75, 3.05) is 95.5 Å². The summed E-state index contributed by atoms with van der Waals surface area (Å²) in [4.78, 5) is 97.8. The summed E-state index contributed by atoms with van der Waals surface area (Å²) in [5.41, 5.74) is 18.5. The minimum Gasteiger partial charge on any atom is -0.748 e. The molecular weight excluding hydrogens is 1480 g/mol. The van der Waals surface area contributed by atoms with Crippen molar-refractivity contribution in [1.29, 1.82) is 0 Å². The molecule has 0 spiro atoms. The number of phosphoric acid groups is 3. The predicted molar refractivity (Wildman–Crippen MR) is 376 cm³/mol. The number of para-hydroxylation sites is 1. The number of carbonyl (C=O) groups excluding carboxylic acids is 3. The smallest absolute Gasteiger partial charge is 0.490 e. The van der Waals surface area contributed by atoms with Crippen LogP contribution in [-0.2, 0) is 91.1 Å². The number of allylic oxidation sites excluding steroid dienone is 6. The Hall–Kier alpha value is -8.12. The number of rotatable bonds is 40. The Morgan fingerprint density at radius 3 is 2.41 bits per heavy atom. The van der Waals surface area contributed by atoms with E-state index in [0.717, 1.165) is 27.2 Å². The lowest BCUT2D eigenvalue weighted by Crippen LogP contribution is -2.36. The molecule has 1 saturated heterocycles. The molecule has 37 nitrogen and oxygen atoms in total. The highest BCUT2D eigenvalue weighted by molar-refractivity contribution is 7.89. The largest absolute Gasteiger partial charge is 0.748 e. The molecule has 1 aromatic heterocycles. The van der Waals surface area contributed by atoms with E-state index in [0.29, 0.717) is 24.2 Å². The zero-order chi connectivity index (χ0) is 77.0. The number of ether oxygens (including phenoxy) is 6. The van der Waals surface area contributed by atoms with Crippen LogP contribution in [0, 0.1) is 11.8 Å². The molecule has 3 aromatic carbocycles. The molecule has 570 valence electrons. The van der Waals surface area contributed by atoms with E-state index in [-0.39, 0.29) is 112 Å². The summed E-state index contributed by atoms with van der Waals surface area (Å²) in [6.45, 7) is 9.83. The van der Waals surface area contributed by atoms with Crippen LogP contribution in [0.2, 0.25) is 0 Å². The number of carbonyl (C=O) groups is 3. The molecule has 7 rings (SSSR count). The zero-order valence-electron chi connectivity index (χ0n) is 57.2. The number of fused-ring (bicyclic) bond motifs is 2. The minimum absolute atomic E-state index is 0.00533. The molecule has 3 amide bonds. The number of aromatic nitrogens is 2. The number of sulfonamides is 1.